The first kappa shape index (κ1) is 18.1. The number of hydrogen-bond acceptors (Lipinski definition) is 4. The lowest BCUT2D eigenvalue weighted by atomic mass is 10.1. The molecule has 5 nitrogen and oxygen atoms in total. The predicted octanol–water partition coefficient (Wildman–Crippen LogP) is 2.79. The van der Waals surface area contributed by atoms with Crippen molar-refractivity contribution in [3.05, 3.63) is 53.7 Å². The van der Waals surface area contributed by atoms with E-state index >= 15 is 0 Å². The highest BCUT2D eigenvalue weighted by Gasteiger charge is 2.18. The van der Waals surface area contributed by atoms with Crippen molar-refractivity contribution in [3.8, 4) is 11.3 Å². The van der Waals surface area contributed by atoms with E-state index in [0.717, 1.165) is 17.0 Å². The highest BCUT2D eigenvalue weighted by atomic mass is 16.5. The van der Waals surface area contributed by atoms with Crippen molar-refractivity contribution in [3.63, 3.8) is 0 Å². The number of hydrogen-bond donors (Lipinski definition) is 0. The number of carbonyl (C=O) groups is 1. The van der Waals surface area contributed by atoms with Crippen LogP contribution in [-0.2, 0) is 9.47 Å². The van der Waals surface area contributed by atoms with Crippen molar-refractivity contribution in [1.82, 2.24) is 9.88 Å². The molecule has 0 atom stereocenters. The molecule has 0 saturated carbocycles. The topological polar surface area (TPSA) is 51.7 Å². The summed E-state index contributed by atoms with van der Waals surface area (Å²) in [4.78, 5) is 19.1. The second kappa shape index (κ2) is 9.15. The van der Waals surface area contributed by atoms with Gasteiger partial charge >= 0.3 is 0 Å². The third-order valence-electron chi connectivity index (χ3n) is 3.80. The molecular weight excluding hydrogens is 304 g/mol. The van der Waals surface area contributed by atoms with E-state index in [9.17, 15) is 4.79 Å². The molecule has 1 amide bonds. The number of pyridine rings is 1. The van der Waals surface area contributed by atoms with E-state index < -0.39 is 0 Å². The van der Waals surface area contributed by atoms with Gasteiger partial charge in [0.2, 0.25) is 0 Å². The lowest BCUT2D eigenvalue weighted by Gasteiger charge is -2.22. The minimum atomic E-state index is -0.0475. The van der Waals surface area contributed by atoms with Gasteiger partial charge in [-0.3, -0.25) is 9.78 Å². The number of benzene rings is 1. The van der Waals surface area contributed by atoms with Crippen LogP contribution in [0.15, 0.2) is 42.5 Å². The molecule has 128 valence electrons. The molecule has 1 aromatic heterocycles. The van der Waals surface area contributed by atoms with Crippen molar-refractivity contribution in [2.45, 2.75) is 6.92 Å². The van der Waals surface area contributed by atoms with Crippen molar-refractivity contribution in [2.75, 3.05) is 40.5 Å². The van der Waals surface area contributed by atoms with Crippen LogP contribution in [0.25, 0.3) is 11.3 Å². The number of aryl methyl sites for hydroxylation is 1. The number of rotatable bonds is 8. The van der Waals surface area contributed by atoms with E-state index in [0.29, 0.717) is 31.9 Å². The Balaban J connectivity index is 2.21. The molecule has 0 fully saturated rings. The fourth-order valence-corrected chi connectivity index (χ4v) is 2.44. The Labute approximate surface area is 143 Å². The van der Waals surface area contributed by atoms with Gasteiger partial charge in [0.05, 0.1) is 30.2 Å². The summed E-state index contributed by atoms with van der Waals surface area (Å²) >= 11 is 0. The molecule has 0 unspecified atom stereocenters. The predicted molar refractivity (Wildman–Crippen MR) is 94.1 cm³/mol. The van der Waals surface area contributed by atoms with E-state index in [2.05, 4.69) is 4.98 Å². The van der Waals surface area contributed by atoms with E-state index in [1.807, 2.05) is 49.4 Å². The first-order chi connectivity index (χ1) is 11.7. The molecule has 0 aliphatic rings. The monoisotopic (exact) mass is 328 g/mol. The van der Waals surface area contributed by atoms with Crippen molar-refractivity contribution in [2.24, 2.45) is 0 Å². The first-order valence-corrected chi connectivity index (χ1v) is 7.97. The molecule has 5 heteroatoms. The molecule has 2 rings (SSSR count). The molecule has 24 heavy (non-hydrogen) atoms. The fourth-order valence-electron chi connectivity index (χ4n) is 2.44. The Morgan fingerprint density at radius 1 is 1.00 bits per heavy atom. The molecule has 0 radical (unpaired) electrons. The summed E-state index contributed by atoms with van der Waals surface area (Å²) in [5.74, 6) is -0.0475. The van der Waals surface area contributed by atoms with Crippen LogP contribution >= 0.6 is 0 Å². The number of methoxy groups -OCH3 is 2. The van der Waals surface area contributed by atoms with Crippen LogP contribution in [0.5, 0.6) is 0 Å². The number of aromatic nitrogens is 1. The van der Waals surface area contributed by atoms with Gasteiger partial charge < -0.3 is 14.4 Å². The zero-order valence-electron chi connectivity index (χ0n) is 14.5. The van der Waals surface area contributed by atoms with Crippen LogP contribution in [0.1, 0.15) is 16.1 Å². The summed E-state index contributed by atoms with van der Waals surface area (Å²) in [6.45, 7) is 3.90. The number of nitrogens with zero attached hydrogens (tertiary/aromatic N) is 2. The highest BCUT2D eigenvalue weighted by molar-refractivity contribution is 5.95. The maximum Gasteiger partial charge on any atom is 0.255 e. The van der Waals surface area contributed by atoms with Gasteiger partial charge in [-0.1, -0.05) is 30.3 Å². The van der Waals surface area contributed by atoms with Gasteiger partial charge in [-0.25, -0.2) is 0 Å². The normalized spacial score (nSPS) is 10.6. The molecular formula is C19H24N2O3. The van der Waals surface area contributed by atoms with E-state index in [1.165, 1.54) is 0 Å². The smallest absolute Gasteiger partial charge is 0.255 e. The Bertz CT molecular complexity index is 651. The number of carbonyl (C=O) groups excluding carboxylic acids is 1. The summed E-state index contributed by atoms with van der Waals surface area (Å²) in [5.41, 5.74) is 3.24. The van der Waals surface area contributed by atoms with Gasteiger partial charge in [0.1, 0.15) is 0 Å². The molecule has 0 saturated heterocycles. The van der Waals surface area contributed by atoms with Gasteiger partial charge in [-0.2, -0.15) is 0 Å². The second-order valence-electron chi connectivity index (χ2n) is 5.47. The minimum absolute atomic E-state index is 0.0475. The van der Waals surface area contributed by atoms with Gasteiger partial charge in [0.15, 0.2) is 0 Å². The Kier molecular flexibility index (Phi) is 6.90. The second-order valence-corrected chi connectivity index (χ2v) is 5.47. The van der Waals surface area contributed by atoms with Gasteiger partial charge in [0, 0.05) is 32.9 Å². The van der Waals surface area contributed by atoms with Crippen LogP contribution in [0.4, 0.5) is 0 Å². The molecule has 0 aliphatic carbocycles. The van der Waals surface area contributed by atoms with Gasteiger partial charge in [-0.05, 0) is 19.1 Å². The zero-order valence-corrected chi connectivity index (χ0v) is 14.5. The van der Waals surface area contributed by atoms with E-state index in [-0.39, 0.29) is 5.91 Å². The third-order valence-corrected chi connectivity index (χ3v) is 3.80. The average molecular weight is 328 g/mol. The van der Waals surface area contributed by atoms with Gasteiger partial charge in [0.25, 0.3) is 5.91 Å². The molecule has 1 aromatic carbocycles. The maximum atomic E-state index is 12.8. The average Bonchev–Trinajstić information content (AvgIpc) is 2.62. The quantitative estimate of drug-likeness (QED) is 0.748. The van der Waals surface area contributed by atoms with E-state index in [4.69, 9.17) is 9.47 Å². The molecule has 0 aliphatic heterocycles. The third kappa shape index (κ3) is 4.63. The van der Waals surface area contributed by atoms with Crippen molar-refractivity contribution >= 4 is 5.91 Å². The van der Waals surface area contributed by atoms with Crippen LogP contribution in [0.2, 0.25) is 0 Å². The zero-order chi connectivity index (χ0) is 17.4. The van der Waals surface area contributed by atoms with E-state index in [1.54, 1.807) is 19.1 Å². The first-order valence-electron chi connectivity index (χ1n) is 7.97. The number of amides is 1. The van der Waals surface area contributed by atoms with Crippen LogP contribution < -0.4 is 0 Å². The molecule has 1 heterocycles. The molecule has 0 spiro atoms. The van der Waals surface area contributed by atoms with Crippen molar-refractivity contribution in [1.29, 1.82) is 0 Å². The standard InChI is InChI=1S/C19H24N2O3/c1-15-17(19(22)21(11-13-23-2)12-14-24-3)9-10-18(20-15)16-7-5-4-6-8-16/h4-10H,11-14H2,1-3H3. The lowest BCUT2D eigenvalue weighted by Crippen LogP contribution is -2.37. The minimum Gasteiger partial charge on any atom is -0.383 e. The fraction of sp³-hybridized carbons (Fsp3) is 0.368. The Hall–Kier alpha value is -2.24. The summed E-state index contributed by atoms with van der Waals surface area (Å²) < 4.78 is 10.2. The SMILES string of the molecule is COCCN(CCOC)C(=O)c1ccc(-c2ccccc2)nc1C. The molecule has 0 bridgehead atoms. The lowest BCUT2D eigenvalue weighted by molar-refractivity contribution is 0.0626. The summed E-state index contributed by atoms with van der Waals surface area (Å²) in [5, 5.41) is 0. The largest absolute Gasteiger partial charge is 0.383 e. The molecule has 0 N–H and O–H groups in total. The van der Waals surface area contributed by atoms with Crippen LogP contribution in [-0.4, -0.2) is 56.3 Å². The Morgan fingerprint density at radius 2 is 1.62 bits per heavy atom. The maximum absolute atomic E-state index is 12.8. The van der Waals surface area contributed by atoms with Crippen LogP contribution in [0.3, 0.4) is 0 Å². The molecule has 2 aromatic rings. The summed E-state index contributed by atoms with van der Waals surface area (Å²) in [6.07, 6.45) is 0. The van der Waals surface area contributed by atoms with Crippen LogP contribution in [0, 0.1) is 6.92 Å². The highest BCUT2D eigenvalue weighted by Crippen LogP contribution is 2.19. The Morgan fingerprint density at radius 3 is 2.17 bits per heavy atom. The summed E-state index contributed by atoms with van der Waals surface area (Å²) in [6, 6.07) is 13.7. The summed E-state index contributed by atoms with van der Waals surface area (Å²) in [7, 11) is 3.25. The van der Waals surface area contributed by atoms with Crippen molar-refractivity contribution < 1.29 is 14.3 Å². The van der Waals surface area contributed by atoms with Gasteiger partial charge in [-0.15, -0.1) is 0 Å². The number of ether oxygens (including phenoxy) is 2.